The Balaban J connectivity index is 1.36. The van der Waals surface area contributed by atoms with E-state index in [1.165, 1.54) is 23.8 Å². The molecule has 6 nitrogen and oxygen atoms in total. The lowest BCUT2D eigenvalue weighted by atomic mass is 10.1. The van der Waals surface area contributed by atoms with E-state index in [-0.39, 0.29) is 17.5 Å². The quantitative estimate of drug-likeness (QED) is 0.583. The molecule has 0 bridgehead atoms. The van der Waals surface area contributed by atoms with Crippen molar-refractivity contribution < 1.29 is 27.1 Å². The molecule has 4 rings (SSSR count). The van der Waals surface area contributed by atoms with Crippen molar-refractivity contribution in [1.29, 1.82) is 0 Å². The number of para-hydroxylation sites is 1. The van der Waals surface area contributed by atoms with Crippen LogP contribution in [-0.4, -0.2) is 18.6 Å². The number of halogens is 3. The average Bonchev–Trinajstić information content (AvgIpc) is 3.08. The second kappa shape index (κ2) is 9.01. The van der Waals surface area contributed by atoms with Crippen LogP contribution in [0.4, 0.5) is 24.5 Å². The molecule has 2 heterocycles. The number of carbonyl (C=O) groups excluding carboxylic acids is 1. The van der Waals surface area contributed by atoms with E-state index in [4.69, 9.17) is 9.15 Å². The maximum atomic E-state index is 12.8. The average molecular weight is 458 g/mol. The summed E-state index contributed by atoms with van der Waals surface area (Å²) in [5.41, 5.74) is 0.967. The zero-order valence-electron chi connectivity index (χ0n) is 17.7. The van der Waals surface area contributed by atoms with Gasteiger partial charge in [-0.3, -0.25) is 9.59 Å². The molecule has 9 heteroatoms. The third kappa shape index (κ3) is 5.19. The number of amides is 1. The van der Waals surface area contributed by atoms with E-state index >= 15 is 0 Å². The third-order valence-electron chi connectivity index (χ3n) is 5.36. The monoisotopic (exact) mass is 458 g/mol. The number of nitrogens with one attached hydrogen (secondary N) is 1. The predicted octanol–water partition coefficient (Wildman–Crippen LogP) is 4.63. The highest BCUT2D eigenvalue weighted by atomic mass is 19.4. The summed E-state index contributed by atoms with van der Waals surface area (Å²) in [6.45, 7) is 1.94. The molecule has 0 spiro atoms. The van der Waals surface area contributed by atoms with Crippen LogP contribution in [-0.2, 0) is 23.9 Å². The van der Waals surface area contributed by atoms with Gasteiger partial charge in [0.05, 0.1) is 12.1 Å². The molecule has 1 atom stereocenters. The Labute approximate surface area is 187 Å². The molecule has 3 aromatic rings. The molecule has 0 fully saturated rings. The molecule has 0 radical (unpaired) electrons. The Hall–Kier alpha value is -3.75. The Morgan fingerprint density at radius 3 is 2.73 bits per heavy atom. The first-order valence-corrected chi connectivity index (χ1v) is 10.3. The van der Waals surface area contributed by atoms with Crippen LogP contribution in [0.5, 0.6) is 5.75 Å². The van der Waals surface area contributed by atoms with Crippen LogP contribution in [0.3, 0.4) is 0 Å². The summed E-state index contributed by atoms with van der Waals surface area (Å²) >= 11 is 0. The minimum atomic E-state index is -4.52. The van der Waals surface area contributed by atoms with Gasteiger partial charge in [-0.2, -0.15) is 13.2 Å². The number of alkyl halides is 3. The van der Waals surface area contributed by atoms with Gasteiger partial charge in [-0.25, -0.2) is 0 Å². The van der Waals surface area contributed by atoms with E-state index in [1.54, 1.807) is 0 Å². The molecule has 33 heavy (non-hydrogen) atoms. The lowest BCUT2D eigenvalue weighted by molar-refractivity contribution is -0.137. The van der Waals surface area contributed by atoms with E-state index in [9.17, 15) is 22.8 Å². The van der Waals surface area contributed by atoms with E-state index < -0.39 is 29.7 Å². The number of ether oxygens (including phenoxy) is 1. The fourth-order valence-electron chi connectivity index (χ4n) is 3.78. The molecule has 172 valence electrons. The summed E-state index contributed by atoms with van der Waals surface area (Å²) in [4.78, 5) is 26.6. The number of hydrogen-bond donors (Lipinski definition) is 1. The van der Waals surface area contributed by atoms with Crippen LogP contribution in [0.2, 0.25) is 0 Å². The summed E-state index contributed by atoms with van der Waals surface area (Å²) in [7, 11) is 0. The Bertz CT molecular complexity index is 1220. The zero-order chi connectivity index (χ0) is 23.6. The van der Waals surface area contributed by atoms with Crippen LogP contribution in [0, 0.1) is 0 Å². The van der Waals surface area contributed by atoms with Crippen molar-refractivity contribution in [3.63, 3.8) is 0 Å². The lowest BCUT2D eigenvalue weighted by Gasteiger charge is -2.24. The summed E-state index contributed by atoms with van der Waals surface area (Å²) in [6, 6.07) is 13.8. The van der Waals surface area contributed by atoms with Crippen LogP contribution in [0.25, 0.3) is 0 Å². The first-order chi connectivity index (χ1) is 15.7. The fourth-order valence-corrected chi connectivity index (χ4v) is 3.78. The van der Waals surface area contributed by atoms with E-state index in [2.05, 4.69) is 23.2 Å². The van der Waals surface area contributed by atoms with Gasteiger partial charge in [0.2, 0.25) is 11.2 Å². The van der Waals surface area contributed by atoms with Gasteiger partial charge in [-0.05, 0) is 43.2 Å². The molecular formula is C24H21F3N2O4. The van der Waals surface area contributed by atoms with Crippen LogP contribution in [0.15, 0.2) is 70.1 Å². The summed E-state index contributed by atoms with van der Waals surface area (Å²) in [5.74, 6) is -0.419. The maximum absolute atomic E-state index is 12.8. The van der Waals surface area contributed by atoms with Crippen LogP contribution < -0.4 is 20.4 Å². The molecule has 0 saturated carbocycles. The SMILES string of the molecule is C[C@@H]1Cc2ccccc2N1Cc1cc(=O)c(OCC(=O)Nc2cccc(C(F)(F)F)c2)co1. The molecule has 1 N–H and O–H groups in total. The number of hydrogen-bond acceptors (Lipinski definition) is 5. The van der Waals surface area contributed by atoms with Gasteiger partial charge in [0.15, 0.2) is 6.61 Å². The summed E-state index contributed by atoms with van der Waals surface area (Å²) < 4.78 is 49.1. The molecule has 2 aromatic carbocycles. The van der Waals surface area contributed by atoms with Crippen LogP contribution >= 0.6 is 0 Å². The summed E-state index contributed by atoms with van der Waals surface area (Å²) in [5, 5.41) is 2.31. The van der Waals surface area contributed by atoms with Gasteiger partial charge in [-0.1, -0.05) is 24.3 Å². The number of benzene rings is 2. The minimum Gasteiger partial charge on any atom is -0.477 e. The molecular weight excluding hydrogens is 437 g/mol. The molecule has 0 saturated heterocycles. The normalized spacial score (nSPS) is 15.3. The van der Waals surface area contributed by atoms with E-state index in [1.807, 2.05) is 18.2 Å². The third-order valence-corrected chi connectivity index (χ3v) is 5.36. The first kappa shape index (κ1) is 22.4. The van der Waals surface area contributed by atoms with Gasteiger partial charge in [0, 0.05) is 23.5 Å². The van der Waals surface area contributed by atoms with E-state index in [0.717, 1.165) is 30.5 Å². The highest BCUT2D eigenvalue weighted by Gasteiger charge is 2.30. The number of fused-ring (bicyclic) bond motifs is 1. The van der Waals surface area contributed by atoms with Crippen molar-refractivity contribution in [3.8, 4) is 5.75 Å². The Kier molecular flexibility index (Phi) is 6.13. The zero-order valence-corrected chi connectivity index (χ0v) is 17.7. The second-order valence-electron chi connectivity index (χ2n) is 7.80. The standard InChI is InChI=1S/C24H21F3N2O4/c1-15-9-16-5-2-3-8-20(16)29(15)12-19-11-21(30)22(13-32-19)33-14-23(31)28-18-7-4-6-17(10-18)24(25,26)27/h2-8,10-11,13,15H,9,12,14H2,1H3,(H,28,31)/t15-/m1/s1. The molecule has 0 unspecified atom stereocenters. The van der Waals surface area contributed by atoms with Crippen molar-refractivity contribution in [2.45, 2.75) is 32.1 Å². The Morgan fingerprint density at radius 1 is 1.18 bits per heavy atom. The highest BCUT2D eigenvalue weighted by molar-refractivity contribution is 5.91. The minimum absolute atomic E-state index is 0.0270. The molecule has 1 aliphatic heterocycles. The van der Waals surface area contributed by atoms with Crippen molar-refractivity contribution in [2.24, 2.45) is 0 Å². The fraction of sp³-hybridized carbons (Fsp3) is 0.250. The number of anilines is 2. The molecule has 0 aliphatic carbocycles. The smallest absolute Gasteiger partial charge is 0.416 e. The van der Waals surface area contributed by atoms with Crippen molar-refractivity contribution in [1.82, 2.24) is 0 Å². The van der Waals surface area contributed by atoms with Crippen molar-refractivity contribution in [3.05, 3.63) is 88.0 Å². The predicted molar refractivity (Wildman–Crippen MR) is 116 cm³/mol. The highest BCUT2D eigenvalue weighted by Crippen LogP contribution is 2.33. The molecule has 1 aromatic heterocycles. The van der Waals surface area contributed by atoms with Gasteiger partial charge >= 0.3 is 6.18 Å². The van der Waals surface area contributed by atoms with Gasteiger partial charge in [0.25, 0.3) is 5.91 Å². The topological polar surface area (TPSA) is 71.8 Å². The van der Waals surface area contributed by atoms with Gasteiger partial charge in [0.1, 0.15) is 12.0 Å². The molecule has 1 aliphatic rings. The van der Waals surface area contributed by atoms with E-state index in [0.29, 0.717) is 12.3 Å². The van der Waals surface area contributed by atoms with Crippen molar-refractivity contribution >= 4 is 17.3 Å². The number of rotatable bonds is 6. The van der Waals surface area contributed by atoms with Gasteiger partial charge in [-0.15, -0.1) is 0 Å². The Morgan fingerprint density at radius 2 is 1.97 bits per heavy atom. The lowest BCUT2D eigenvalue weighted by Crippen LogP contribution is -2.29. The second-order valence-corrected chi connectivity index (χ2v) is 7.80. The number of carbonyl (C=O) groups is 1. The van der Waals surface area contributed by atoms with Gasteiger partial charge < -0.3 is 19.4 Å². The first-order valence-electron chi connectivity index (χ1n) is 10.3. The number of nitrogens with zero attached hydrogens (tertiary/aromatic N) is 1. The van der Waals surface area contributed by atoms with Crippen LogP contribution in [0.1, 0.15) is 23.8 Å². The molecule has 1 amide bonds. The summed E-state index contributed by atoms with van der Waals surface area (Å²) in [6.07, 6.45) is -2.47. The maximum Gasteiger partial charge on any atom is 0.416 e. The van der Waals surface area contributed by atoms with Crippen molar-refractivity contribution in [2.75, 3.05) is 16.8 Å². The largest absolute Gasteiger partial charge is 0.477 e.